The van der Waals surface area contributed by atoms with E-state index in [1.807, 2.05) is 0 Å². The van der Waals surface area contributed by atoms with Crippen molar-refractivity contribution in [3.8, 4) is 0 Å². The first-order valence-electron chi connectivity index (χ1n) is 18.4. The quantitative estimate of drug-likeness (QED) is 0.121. The van der Waals surface area contributed by atoms with Crippen LogP contribution >= 0.6 is 31.9 Å². The Kier molecular flexibility index (Phi) is 10.1. The van der Waals surface area contributed by atoms with Crippen molar-refractivity contribution in [1.29, 1.82) is 0 Å². The summed E-state index contributed by atoms with van der Waals surface area (Å²) in [6.45, 7) is 4.33. The summed E-state index contributed by atoms with van der Waals surface area (Å²) in [5, 5.41) is 8.13. The van der Waals surface area contributed by atoms with Gasteiger partial charge >= 0.3 is 0 Å². The molecule has 0 fully saturated rings. The number of aryl methyl sites for hydroxylation is 4. The fraction of sp³-hybridized carbons (Fsp3) is 0.160. The van der Waals surface area contributed by atoms with Crippen LogP contribution in [0.2, 0.25) is 0 Å². The maximum absolute atomic E-state index is 3.65. The van der Waals surface area contributed by atoms with Gasteiger partial charge in [-0.2, -0.15) is 0 Å². The van der Waals surface area contributed by atoms with E-state index in [1.54, 1.807) is 0 Å². The van der Waals surface area contributed by atoms with Crippen molar-refractivity contribution in [2.24, 2.45) is 0 Å². The Hall–Kier alpha value is -4.50. The summed E-state index contributed by atoms with van der Waals surface area (Å²) in [5.74, 6) is 0.629. The van der Waals surface area contributed by atoms with Gasteiger partial charge in [-0.05, 0) is 142 Å². The van der Waals surface area contributed by atoms with Crippen LogP contribution in [0, 0.1) is 13.8 Å². The van der Waals surface area contributed by atoms with Gasteiger partial charge in [0.15, 0.2) is 0 Å². The second-order valence-corrected chi connectivity index (χ2v) is 16.2. The van der Waals surface area contributed by atoms with E-state index in [4.69, 9.17) is 0 Å². The molecule has 0 heterocycles. The summed E-state index contributed by atoms with van der Waals surface area (Å²) in [6.07, 6.45) is 4.05. The molecule has 8 aromatic carbocycles. The van der Waals surface area contributed by atoms with Crippen LogP contribution in [0.1, 0.15) is 69.2 Å². The highest BCUT2D eigenvalue weighted by molar-refractivity contribution is 9.10. The lowest BCUT2D eigenvalue weighted by Crippen LogP contribution is -2.04. The molecule has 0 aromatic heterocycles. The maximum atomic E-state index is 3.65. The molecule has 2 heteroatoms. The number of halogens is 2. The van der Waals surface area contributed by atoms with Gasteiger partial charge in [-0.15, -0.1) is 0 Å². The Morgan fingerprint density at radius 2 is 0.673 bits per heavy atom. The summed E-state index contributed by atoms with van der Waals surface area (Å²) in [4.78, 5) is 0. The topological polar surface area (TPSA) is 0 Å². The molecular weight excluding hydrogens is 760 g/mol. The second kappa shape index (κ2) is 15.2. The first kappa shape index (κ1) is 34.6. The Labute approximate surface area is 324 Å². The third-order valence-corrected chi connectivity index (χ3v) is 12.0. The molecule has 8 rings (SSSR count). The molecule has 52 heavy (non-hydrogen) atoms. The number of hydrogen-bond acceptors (Lipinski definition) is 0. The van der Waals surface area contributed by atoms with Crippen LogP contribution < -0.4 is 0 Å². The molecule has 0 saturated heterocycles. The number of hydrogen-bond donors (Lipinski definition) is 0. The van der Waals surface area contributed by atoms with Gasteiger partial charge < -0.3 is 0 Å². The normalized spacial score (nSPS) is 12.8. The SMILES string of the molecule is Cc1ccc(C(CCc2cc3c4ccccc4c(CCC(c4ccc(C)cc4)c4ccc(Br)cc4)cc3c3ccccc23)c2ccc(Br)cc2)cc1. The second-order valence-electron chi connectivity index (χ2n) is 14.4. The van der Waals surface area contributed by atoms with Crippen molar-refractivity contribution in [3.63, 3.8) is 0 Å². The standard InChI is InChI=1S/C50H42Br2/c1-33-11-15-35(16-12-33)43(37-19-25-41(51)26-20-37)29-23-39-31-49-48-10-6-4-8-46(48)40(32-50(49)47-9-5-3-7-45(39)47)24-30-44(36-17-13-34(2)14-18-36)38-21-27-42(52)28-22-38/h3-22,25-28,31-32,43-44H,23-24,29-30H2,1-2H3. The predicted molar refractivity (Wildman–Crippen MR) is 230 cm³/mol. The third-order valence-electron chi connectivity index (χ3n) is 11.0. The van der Waals surface area contributed by atoms with Crippen LogP contribution in [0.4, 0.5) is 0 Å². The molecule has 0 nitrogen and oxygen atoms in total. The van der Waals surface area contributed by atoms with Crippen molar-refractivity contribution in [2.45, 2.75) is 51.4 Å². The van der Waals surface area contributed by atoms with Gasteiger partial charge in [-0.25, -0.2) is 0 Å². The van der Waals surface area contributed by atoms with E-state index in [1.165, 1.54) is 76.8 Å². The van der Waals surface area contributed by atoms with Gasteiger partial charge in [0.25, 0.3) is 0 Å². The smallest absolute Gasteiger partial charge is 0.0175 e. The fourth-order valence-corrected chi connectivity index (χ4v) is 8.68. The van der Waals surface area contributed by atoms with E-state index in [0.29, 0.717) is 11.8 Å². The van der Waals surface area contributed by atoms with Crippen molar-refractivity contribution in [3.05, 3.63) is 211 Å². The summed E-state index contributed by atoms with van der Waals surface area (Å²) in [5.41, 5.74) is 10.9. The van der Waals surface area contributed by atoms with E-state index >= 15 is 0 Å². The predicted octanol–water partition coefficient (Wildman–Crippen LogP) is 14.8. The van der Waals surface area contributed by atoms with Gasteiger partial charge in [-0.3, -0.25) is 0 Å². The van der Waals surface area contributed by atoms with E-state index in [9.17, 15) is 0 Å². The molecule has 0 amide bonds. The van der Waals surface area contributed by atoms with E-state index in [0.717, 1.165) is 34.6 Å². The minimum Gasteiger partial charge on any atom is -0.0616 e. The minimum atomic E-state index is 0.314. The molecule has 2 unspecified atom stereocenters. The highest BCUT2D eigenvalue weighted by Gasteiger charge is 2.19. The first-order valence-corrected chi connectivity index (χ1v) is 20.0. The largest absolute Gasteiger partial charge is 0.0616 e. The van der Waals surface area contributed by atoms with Crippen LogP contribution in [-0.4, -0.2) is 0 Å². The lowest BCUT2D eigenvalue weighted by atomic mass is 9.83. The monoisotopic (exact) mass is 800 g/mol. The third kappa shape index (κ3) is 7.25. The first-order chi connectivity index (χ1) is 25.4. The molecule has 0 aliphatic heterocycles. The molecule has 256 valence electrons. The Morgan fingerprint density at radius 3 is 1.02 bits per heavy atom. The summed E-state index contributed by atoms with van der Waals surface area (Å²) in [7, 11) is 0. The molecule has 2 atom stereocenters. The Morgan fingerprint density at radius 1 is 0.365 bits per heavy atom. The molecular formula is C50H42Br2. The lowest BCUT2D eigenvalue weighted by molar-refractivity contribution is 0.717. The summed E-state index contributed by atoms with van der Waals surface area (Å²) in [6, 6.07) is 59.2. The van der Waals surface area contributed by atoms with Crippen molar-refractivity contribution in [2.75, 3.05) is 0 Å². The molecule has 0 radical (unpaired) electrons. The Balaban J connectivity index is 1.19. The van der Waals surface area contributed by atoms with Gasteiger partial charge in [0, 0.05) is 20.8 Å². The molecule has 0 saturated carbocycles. The number of fused-ring (bicyclic) bond motifs is 5. The molecule has 0 aliphatic rings. The zero-order valence-electron chi connectivity index (χ0n) is 29.8. The van der Waals surface area contributed by atoms with Crippen LogP contribution in [-0.2, 0) is 12.8 Å². The van der Waals surface area contributed by atoms with E-state index in [-0.39, 0.29) is 0 Å². The van der Waals surface area contributed by atoms with Crippen molar-refractivity contribution < 1.29 is 0 Å². The molecule has 8 aromatic rings. The fourth-order valence-electron chi connectivity index (χ4n) is 8.15. The van der Waals surface area contributed by atoms with Crippen LogP contribution in [0.5, 0.6) is 0 Å². The minimum absolute atomic E-state index is 0.314. The molecule has 0 N–H and O–H groups in total. The highest BCUT2D eigenvalue weighted by Crippen LogP contribution is 2.39. The zero-order valence-corrected chi connectivity index (χ0v) is 32.9. The Bertz CT molecular complexity index is 2210. The maximum Gasteiger partial charge on any atom is 0.0175 e. The van der Waals surface area contributed by atoms with Crippen LogP contribution in [0.25, 0.3) is 32.3 Å². The average Bonchev–Trinajstić information content (AvgIpc) is 3.17. The van der Waals surface area contributed by atoms with Gasteiger partial charge in [0.1, 0.15) is 0 Å². The summed E-state index contributed by atoms with van der Waals surface area (Å²) >= 11 is 7.30. The molecule has 0 aliphatic carbocycles. The summed E-state index contributed by atoms with van der Waals surface area (Å²) < 4.78 is 2.23. The zero-order chi connectivity index (χ0) is 35.6. The van der Waals surface area contributed by atoms with Crippen LogP contribution in [0.3, 0.4) is 0 Å². The van der Waals surface area contributed by atoms with Gasteiger partial charge in [0.2, 0.25) is 0 Å². The highest BCUT2D eigenvalue weighted by atomic mass is 79.9. The van der Waals surface area contributed by atoms with Crippen molar-refractivity contribution >= 4 is 64.2 Å². The van der Waals surface area contributed by atoms with Gasteiger partial charge in [-0.1, -0.05) is 164 Å². The lowest BCUT2D eigenvalue weighted by Gasteiger charge is -2.21. The molecule has 0 bridgehead atoms. The number of rotatable bonds is 10. The van der Waals surface area contributed by atoms with E-state index < -0.39 is 0 Å². The van der Waals surface area contributed by atoms with Crippen LogP contribution in [0.15, 0.2) is 167 Å². The average molecular weight is 803 g/mol. The number of benzene rings is 8. The molecule has 0 spiro atoms. The van der Waals surface area contributed by atoms with Crippen molar-refractivity contribution in [1.82, 2.24) is 0 Å². The van der Waals surface area contributed by atoms with E-state index in [2.05, 4.69) is 203 Å². The van der Waals surface area contributed by atoms with Gasteiger partial charge in [0.05, 0.1) is 0 Å².